The number of aromatic nitrogens is 1. The van der Waals surface area contributed by atoms with Crippen LogP contribution in [-0.4, -0.2) is 31.4 Å². The van der Waals surface area contributed by atoms with E-state index in [9.17, 15) is 12.8 Å². The third kappa shape index (κ3) is 2.90. The second-order valence-electron chi connectivity index (χ2n) is 6.55. The Morgan fingerprint density at radius 2 is 2.04 bits per heavy atom. The van der Waals surface area contributed by atoms with E-state index in [1.54, 1.807) is 7.11 Å². The van der Waals surface area contributed by atoms with Crippen LogP contribution in [0.5, 0.6) is 5.75 Å². The molecule has 0 fully saturated rings. The van der Waals surface area contributed by atoms with Crippen LogP contribution in [0.25, 0.3) is 10.9 Å². The van der Waals surface area contributed by atoms with Gasteiger partial charge in [0, 0.05) is 23.1 Å². The van der Waals surface area contributed by atoms with Crippen molar-refractivity contribution < 1.29 is 17.5 Å². The maximum absolute atomic E-state index is 13.4. The van der Waals surface area contributed by atoms with E-state index in [-0.39, 0.29) is 16.0 Å². The van der Waals surface area contributed by atoms with Gasteiger partial charge in [0.2, 0.25) is 10.0 Å². The molecule has 1 aliphatic heterocycles. The number of aromatic amines is 1. The number of fused-ring (bicyclic) bond motifs is 3. The lowest BCUT2D eigenvalue weighted by molar-refractivity contribution is 0.322. The van der Waals surface area contributed by atoms with E-state index in [2.05, 4.69) is 4.98 Å². The first-order valence-corrected chi connectivity index (χ1v) is 10.3. The van der Waals surface area contributed by atoms with Gasteiger partial charge in [-0.25, -0.2) is 12.8 Å². The summed E-state index contributed by atoms with van der Waals surface area (Å²) in [6, 6.07) is 8.84. The molecule has 0 radical (unpaired) electrons. The van der Waals surface area contributed by atoms with Crippen molar-refractivity contribution in [3.8, 4) is 5.75 Å². The molecule has 0 bridgehead atoms. The average molecular weight is 409 g/mol. The summed E-state index contributed by atoms with van der Waals surface area (Å²) in [5.74, 6) is 0.113. The summed E-state index contributed by atoms with van der Waals surface area (Å²) in [6.07, 6.45) is 0.570. The molecule has 0 amide bonds. The zero-order valence-electron chi connectivity index (χ0n) is 14.8. The number of hydrogen-bond acceptors (Lipinski definition) is 3. The van der Waals surface area contributed by atoms with Crippen molar-refractivity contribution in [2.45, 2.75) is 24.3 Å². The van der Waals surface area contributed by atoms with Crippen LogP contribution < -0.4 is 4.74 Å². The molecule has 0 spiro atoms. The summed E-state index contributed by atoms with van der Waals surface area (Å²) in [5.41, 5.74) is 2.90. The van der Waals surface area contributed by atoms with Gasteiger partial charge in [0.25, 0.3) is 0 Å². The standard InChI is InChI=1S/C19H18ClFN2O3S/c1-11-19-14(15-9-12(26-2)3-6-18(15)22-19)7-8-23(11)27(24,25)13-4-5-17(21)16(20)10-13/h3-6,9-11,22H,7-8H2,1-2H3/t11-/m0/s1. The SMILES string of the molecule is COc1ccc2[nH]c3c(c2c1)CCN(S(=O)(=O)c1ccc(F)c(Cl)c1)[C@H]3C. The van der Waals surface area contributed by atoms with Crippen molar-refractivity contribution >= 4 is 32.5 Å². The first-order valence-electron chi connectivity index (χ1n) is 8.48. The van der Waals surface area contributed by atoms with Crippen LogP contribution in [0.2, 0.25) is 5.02 Å². The third-order valence-corrected chi connectivity index (χ3v) is 7.33. The number of nitrogens with one attached hydrogen (secondary N) is 1. The molecule has 5 nitrogen and oxygen atoms in total. The van der Waals surface area contributed by atoms with Crippen LogP contribution in [0.15, 0.2) is 41.3 Å². The summed E-state index contributed by atoms with van der Waals surface area (Å²) >= 11 is 5.78. The highest BCUT2D eigenvalue weighted by molar-refractivity contribution is 7.89. The quantitative estimate of drug-likeness (QED) is 0.703. The largest absolute Gasteiger partial charge is 0.497 e. The van der Waals surface area contributed by atoms with Gasteiger partial charge in [-0.1, -0.05) is 11.6 Å². The van der Waals surface area contributed by atoms with Gasteiger partial charge in [0.15, 0.2) is 0 Å². The van der Waals surface area contributed by atoms with Gasteiger partial charge in [-0.2, -0.15) is 4.31 Å². The average Bonchev–Trinajstić information content (AvgIpc) is 3.02. The Bertz CT molecular complexity index is 1140. The van der Waals surface area contributed by atoms with E-state index >= 15 is 0 Å². The number of ether oxygens (including phenoxy) is 1. The Hall–Kier alpha value is -2.09. The number of rotatable bonds is 3. The fourth-order valence-corrected chi connectivity index (χ4v) is 5.54. The van der Waals surface area contributed by atoms with Crippen molar-refractivity contribution in [2.24, 2.45) is 0 Å². The van der Waals surface area contributed by atoms with Gasteiger partial charge < -0.3 is 9.72 Å². The summed E-state index contributed by atoms with van der Waals surface area (Å²) in [7, 11) is -2.19. The summed E-state index contributed by atoms with van der Waals surface area (Å²) < 4.78 is 46.3. The van der Waals surface area contributed by atoms with E-state index in [1.807, 2.05) is 25.1 Å². The molecule has 142 valence electrons. The van der Waals surface area contributed by atoms with Crippen LogP contribution >= 0.6 is 11.6 Å². The Labute approximate surface area is 161 Å². The number of sulfonamides is 1. The number of nitrogens with zero attached hydrogens (tertiary/aromatic N) is 1. The Balaban J connectivity index is 1.76. The molecule has 2 aromatic carbocycles. The minimum atomic E-state index is -3.81. The second-order valence-corrected chi connectivity index (χ2v) is 8.84. The zero-order chi connectivity index (χ0) is 19.3. The lowest BCUT2D eigenvalue weighted by atomic mass is 10.0. The van der Waals surface area contributed by atoms with Crippen molar-refractivity contribution in [3.63, 3.8) is 0 Å². The van der Waals surface area contributed by atoms with E-state index in [0.29, 0.717) is 13.0 Å². The topological polar surface area (TPSA) is 62.4 Å². The Morgan fingerprint density at radius 3 is 2.74 bits per heavy atom. The number of halogens is 2. The highest BCUT2D eigenvalue weighted by atomic mass is 35.5. The Morgan fingerprint density at radius 1 is 1.26 bits per heavy atom. The maximum Gasteiger partial charge on any atom is 0.243 e. The van der Waals surface area contributed by atoms with Crippen LogP contribution in [0.1, 0.15) is 24.2 Å². The second kappa shape index (κ2) is 6.51. The zero-order valence-corrected chi connectivity index (χ0v) is 16.4. The molecule has 1 atom stereocenters. The molecular weight excluding hydrogens is 391 g/mol. The predicted octanol–water partition coefficient (Wildman–Crippen LogP) is 4.28. The van der Waals surface area contributed by atoms with Crippen molar-refractivity contribution in [2.75, 3.05) is 13.7 Å². The Kier molecular flexibility index (Phi) is 4.41. The molecule has 1 aromatic heterocycles. The highest BCUT2D eigenvalue weighted by Gasteiger charge is 2.36. The summed E-state index contributed by atoms with van der Waals surface area (Å²) in [4.78, 5) is 3.33. The van der Waals surface area contributed by atoms with Gasteiger partial charge in [-0.3, -0.25) is 0 Å². The summed E-state index contributed by atoms with van der Waals surface area (Å²) in [5, 5.41) is 0.831. The molecule has 1 N–H and O–H groups in total. The first kappa shape index (κ1) is 18.3. The number of methoxy groups -OCH3 is 1. The maximum atomic E-state index is 13.4. The molecule has 0 saturated carbocycles. The van der Waals surface area contributed by atoms with Gasteiger partial charge in [0.05, 0.1) is 23.1 Å². The van der Waals surface area contributed by atoms with E-state index in [0.717, 1.165) is 40.0 Å². The molecule has 3 aromatic rings. The molecule has 4 rings (SSSR count). The van der Waals surface area contributed by atoms with Crippen molar-refractivity contribution in [1.82, 2.24) is 9.29 Å². The van der Waals surface area contributed by atoms with Gasteiger partial charge >= 0.3 is 0 Å². The van der Waals surface area contributed by atoms with Crippen LogP contribution in [0.3, 0.4) is 0 Å². The van der Waals surface area contributed by atoms with Crippen LogP contribution in [-0.2, 0) is 16.4 Å². The normalized spacial score (nSPS) is 17.9. The molecule has 0 unspecified atom stereocenters. The molecular formula is C19H18ClFN2O3S. The van der Waals surface area contributed by atoms with Crippen molar-refractivity contribution in [3.05, 3.63) is 58.5 Å². The highest BCUT2D eigenvalue weighted by Crippen LogP contribution is 2.38. The molecule has 8 heteroatoms. The molecule has 0 saturated heterocycles. The van der Waals surface area contributed by atoms with Crippen LogP contribution in [0, 0.1) is 5.82 Å². The summed E-state index contributed by atoms with van der Waals surface area (Å²) in [6.45, 7) is 2.17. The number of H-pyrrole nitrogens is 1. The minimum absolute atomic E-state index is 0.0121. The van der Waals surface area contributed by atoms with Gasteiger partial charge in [-0.15, -0.1) is 0 Å². The molecule has 27 heavy (non-hydrogen) atoms. The lowest BCUT2D eigenvalue weighted by Crippen LogP contribution is -2.38. The predicted molar refractivity (Wildman–Crippen MR) is 102 cm³/mol. The van der Waals surface area contributed by atoms with Crippen LogP contribution in [0.4, 0.5) is 4.39 Å². The van der Waals surface area contributed by atoms with E-state index < -0.39 is 15.8 Å². The first-order chi connectivity index (χ1) is 12.8. The fourth-order valence-electron chi connectivity index (χ4n) is 3.66. The fraction of sp³-hybridized carbons (Fsp3) is 0.263. The third-order valence-electron chi connectivity index (χ3n) is 5.08. The minimum Gasteiger partial charge on any atom is -0.497 e. The molecule has 2 heterocycles. The monoisotopic (exact) mass is 408 g/mol. The molecule has 1 aliphatic rings. The van der Waals surface area contributed by atoms with E-state index in [4.69, 9.17) is 16.3 Å². The number of benzene rings is 2. The van der Waals surface area contributed by atoms with Crippen molar-refractivity contribution in [1.29, 1.82) is 0 Å². The van der Waals surface area contributed by atoms with Gasteiger partial charge in [-0.05, 0) is 55.3 Å². The van der Waals surface area contributed by atoms with Gasteiger partial charge in [0.1, 0.15) is 11.6 Å². The number of hydrogen-bond donors (Lipinski definition) is 1. The lowest BCUT2D eigenvalue weighted by Gasteiger charge is -2.32. The smallest absolute Gasteiger partial charge is 0.243 e. The van der Waals surface area contributed by atoms with E-state index in [1.165, 1.54) is 10.4 Å². The molecule has 0 aliphatic carbocycles.